The Morgan fingerprint density at radius 1 is 1.17 bits per heavy atom. The van der Waals surface area contributed by atoms with Gasteiger partial charge in [0, 0.05) is 22.6 Å². The van der Waals surface area contributed by atoms with E-state index in [9.17, 15) is 4.79 Å². The lowest BCUT2D eigenvalue weighted by Gasteiger charge is -2.30. The van der Waals surface area contributed by atoms with Crippen LogP contribution in [0.1, 0.15) is 32.1 Å². The average molecular weight is 427 g/mol. The lowest BCUT2D eigenvalue weighted by atomic mass is 10.1. The second-order valence-electron chi connectivity index (χ2n) is 6.34. The third kappa shape index (κ3) is 3.80. The third-order valence-corrected chi connectivity index (χ3v) is 5.45. The number of aromatic nitrogens is 3. The molecule has 1 aliphatic heterocycles. The highest BCUT2D eigenvalue weighted by molar-refractivity contribution is 7.99. The summed E-state index contributed by atoms with van der Waals surface area (Å²) in [7, 11) is 0. The molecular formula is C21H19ClN4O2S. The predicted molar refractivity (Wildman–Crippen MR) is 114 cm³/mol. The van der Waals surface area contributed by atoms with E-state index in [0.717, 1.165) is 16.9 Å². The molecule has 0 saturated heterocycles. The van der Waals surface area contributed by atoms with Gasteiger partial charge in [-0.1, -0.05) is 67.5 Å². The summed E-state index contributed by atoms with van der Waals surface area (Å²) < 4.78 is 6.32. The normalized spacial score (nSPS) is 15.1. The first kappa shape index (κ1) is 19.7. The molecule has 29 heavy (non-hydrogen) atoms. The highest BCUT2D eigenvalue weighted by Gasteiger charge is 2.35. The number of fused-ring (bicyclic) bond motifs is 3. The molecule has 0 radical (unpaired) electrons. The van der Waals surface area contributed by atoms with Gasteiger partial charge < -0.3 is 4.74 Å². The Morgan fingerprint density at radius 2 is 2.00 bits per heavy atom. The topological polar surface area (TPSA) is 68.2 Å². The molecule has 0 aliphatic carbocycles. The molecule has 1 aliphatic rings. The van der Waals surface area contributed by atoms with Gasteiger partial charge in [-0.2, -0.15) is 4.98 Å². The van der Waals surface area contributed by atoms with Crippen LogP contribution in [0.25, 0.3) is 11.3 Å². The number of para-hydroxylation sites is 1. The number of ether oxygens (including phenoxy) is 1. The molecular weight excluding hydrogens is 408 g/mol. The molecule has 6 nitrogen and oxygen atoms in total. The average Bonchev–Trinajstić information content (AvgIpc) is 2.88. The van der Waals surface area contributed by atoms with Crippen molar-refractivity contribution in [1.82, 2.24) is 15.2 Å². The fourth-order valence-corrected chi connectivity index (χ4v) is 3.92. The first-order valence-corrected chi connectivity index (χ1v) is 10.7. The van der Waals surface area contributed by atoms with Gasteiger partial charge in [0.2, 0.25) is 23.2 Å². The summed E-state index contributed by atoms with van der Waals surface area (Å²) in [6.07, 6.45) is -0.402. The molecule has 0 N–H and O–H groups in total. The molecule has 3 aromatic rings. The molecule has 4 rings (SSSR count). The van der Waals surface area contributed by atoms with Crippen molar-refractivity contribution in [2.75, 3.05) is 10.7 Å². The largest absolute Gasteiger partial charge is 0.447 e. The van der Waals surface area contributed by atoms with Crippen LogP contribution in [0.4, 0.5) is 5.69 Å². The Kier molecular flexibility index (Phi) is 5.69. The molecule has 148 valence electrons. The molecule has 0 saturated carbocycles. The van der Waals surface area contributed by atoms with Crippen molar-refractivity contribution in [2.45, 2.75) is 31.7 Å². The fraction of sp³-hybridized carbons (Fsp3) is 0.238. The minimum atomic E-state index is -0.722. The summed E-state index contributed by atoms with van der Waals surface area (Å²) in [5.74, 6) is 1.08. The number of carbonyl (C=O) groups is 1. The van der Waals surface area contributed by atoms with Crippen LogP contribution in [0.15, 0.2) is 53.7 Å². The van der Waals surface area contributed by atoms with Crippen molar-refractivity contribution in [3.05, 3.63) is 59.1 Å². The second kappa shape index (κ2) is 8.39. The highest BCUT2D eigenvalue weighted by atomic mass is 35.5. The van der Waals surface area contributed by atoms with Crippen LogP contribution in [0.2, 0.25) is 5.02 Å². The van der Waals surface area contributed by atoms with Gasteiger partial charge in [-0.05, 0) is 24.0 Å². The number of benzene rings is 2. The lowest BCUT2D eigenvalue weighted by Crippen LogP contribution is -2.37. The summed E-state index contributed by atoms with van der Waals surface area (Å²) >= 11 is 7.71. The Morgan fingerprint density at radius 3 is 2.76 bits per heavy atom. The molecule has 2 heterocycles. The molecule has 0 bridgehead atoms. The smallest absolute Gasteiger partial charge is 0.247 e. The number of anilines is 1. The van der Waals surface area contributed by atoms with E-state index in [1.807, 2.05) is 50.2 Å². The quantitative estimate of drug-likeness (QED) is 0.538. The van der Waals surface area contributed by atoms with Gasteiger partial charge in [-0.25, -0.2) is 0 Å². The van der Waals surface area contributed by atoms with E-state index in [1.54, 1.807) is 17.0 Å². The van der Waals surface area contributed by atoms with Crippen LogP contribution in [0.5, 0.6) is 5.88 Å². The molecule has 0 fully saturated rings. The van der Waals surface area contributed by atoms with E-state index in [0.29, 0.717) is 33.9 Å². The van der Waals surface area contributed by atoms with Gasteiger partial charge in [0.15, 0.2) is 5.69 Å². The monoisotopic (exact) mass is 426 g/mol. The minimum Gasteiger partial charge on any atom is -0.447 e. The van der Waals surface area contributed by atoms with Crippen LogP contribution < -0.4 is 9.64 Å². The van der Waals surface area contributed by atoms with E-state index < -0.39 is 6.23 Å². The van der Waals surface area contributed by atoms with E-state index in [-0.39, 0.29) is 5.91 Å². The number of rotatable bonds is 4. The van der Waals surface area contributed by atoms with E-state index in [1.165, 1.54) is 11.8 Å². The fourth-order valence-electron chi connectivity index (χ4n) is 3.22. The molecule has 1 amide bonds. The van der Waals surface area contributed by atoms with E-state index in [2.05, 4.69) is 15.2 Å². The highest BCUT2D eigenvalue weighted by Crippen LogP contribution is 2.43. The van der Waals surface area contributed by atoms with Crippen molar-refractivity contribution in [3.8, 4) is 17.1 Å². The van der Waals surface area contributed by atoms with Crippen molar-refractivity contribution in [1.29, 1.82) is 0 Å². The molecule has 0 spiro atoms. The van der Waals surface area contributed by atoms with Gasteiger partial charge >= 0.3 is 0 Å². The van der Waals surface area contributed by atoms with E-state index in [4.69, 9.17) is 16.3 Å². The van der Waals surface area contributed by atoms with Crippen LogP contribution in [-0.4, -0.2) is 26.8 Å². The van der Waals surface area contributed by atoms with Crippen LogP contribution in [0.3, 0.4) is 0 Å². The molecule has 8 heteroatoms. The first-order chi connectivity index (χ1) is 14.1. The maximum Gasteiger partial charge on any atom is 0.247 e. The summed E-state index contributed by atoms with van der Waals surface area (Å²) in [4.78, 5) is 19.2. The lowest BCUT2D eigenvalue weighted by molar-refractivity contribution is -0.120. The number of halogens is 1. The van der Waals surface area contributed by atoms with Crippen molar-refractivity contribution in [2.24, 2.45) is 0 Å². The van der Waals surface area contributed by atoms with Gasteiger partial charge in [0.05, 0.1) is 5.69 Å². The summed E-state index contributed by atoms with van der Waals surface area (Å²) in [5, 5.41) is 9.70. The number of nitrogens with zero attached hydrogens (tertiary/aromatic N) is 4. The Bertz CT molecular complexity index is 1060. The summed E-state index contributed by atoms with van der Waals surface area (Å²) in [5.41, 5.74) is 2.72. The summed E-state index contributed by atoms with van der Waals surface area (Å²) in [6.45, 7) is 3.85. The zero-order valence-electron chi connectivity index (χ0n) is 16.0. The molecule has 1 atom stereocenters. The number of hydrogen-bond donors (Lipinski definition) is 0. The predicted octanol–water partition coefficient (Wildman–Crippen LogP) is 5.14. The number of amides is 1. The van der Waals surface area contributed by atoms with Gasteiger partial charge in [-0.3, -0.25) is 9.69 Å². The van der Waals surface area contributed by atoms with Crippen molar-refractivity contribution >= 4 is 35.0 Å². The number of carbonyl (C=O) groups excluding carboxylic acids is 1. The van der Waals surface area contributed by atoms with Crippen molar-refractivity contribution in [3.63, 3.8) is 0 Å². The number of thioether (sulfide) groups is 1. The number of hydrogen-bond acceptors (Lipinski definition) is 6. The van der Waals surface area contributed by atoms with Crippen LogP contribution in [-0.2, 0) is 4.79 Å². The SMILES string of the molecule is CCSc1nnc2c(n1)O[C@H](c1cccc(Cl)c1)N(C(=O)CC)c1ccccc1-2. The maximum atomic E-state index is 13.0. The standard InChI is InChI=1S/C21H19ClN4O2S/c1-3-17(27)26-16-11-6-5-10-15(16)18-19(23-21(25-24-18)29-4-2)28-20(26)13-8-7-9-14(22)12-13/h5-12,20H,3-4H2,1-2H3/t20-/m1/s1. The van der Waals surface area contributed by atoms with Gasteiger partial charge in [-0.15, -0.1) is 10.2 Å². The Balaban J connectivity index is 1.95. The zero-order chi connectivity index (χ0) is 20.4. The summed E-state index contributed by atoms with van der Waals surface area (Å²) in [6, 6.07) is 14.9. The Hall–Kier alpha value is -2.64. The molecule has 1 aromatic heterocycles. The molecule has 0 unspecified atom stereocenters. The van der Waals surface area contributed by atoms with E-state index >= 15 is 0 Å². The van der Waals surface area contributed by atoms with Crippen molar-refractivity contribution < 1.29 is 9.53 Å². The van der Waals surface area contributed by atoms with Crippen LogP contribution in [0, 0.1) is 0 Å². The van der Waals surface area contributed by atoms with Gasteiger partial charge in [0.1, 0.15) is 0 Å². The third-order valence-electron chi connectivity index (χ3n) is 4.49. The Labute approximate surface area is 178 Å². The van der Waals surface area contributed by atoms with Gasteiger partial charge in [0.25, 0.3) is 0 Å². The molecule has 2 aromatic carbocycles. The first-order valence-electron chi connectivity index (χ1n) is 9.33. The second-order valence-corrected chi connectivity index (χ2v) is 8.01. The van der Waals surface area contributed by atoms with Crippen LogP contribution >= 0.6 is 23.4 Å². The minimum absolute atomic E-state index is 0.0775. The maximum absolute atomic E-state index is 13.0. The zero-order valence-corrected chi connectivity index (χ0v) is 17.6.